The first-order valence-electron chi connectivity index (χ1n) is 11.5. The van der Waals surface area contributed by atoms with Crippen LogP contribution in [-0.2, 0) is 6.54 Å². The summed E-state index contributed by atoms with van der Waals surface area (Å²) < 4.78 is 0. The fraction of sp³-hybridized carbons (Fsp3) is 0.542. The Bertz CT molecular complexity index is 858. The summed E-state index contributed by atoms with van der Waals surface area (Å²) in [5, 5.41) is 7.06. The highest BCUT2D eigenvalue weighted by atomic mass is 32.1. The van der Waals surface area contributed by atoms with Crippen LogP contribution in [0, 0.1) is 11.8 Å². The minimum Gasteiger partial charge on any atom is -0.358 e. The van der Waals surface area contributed by atoms with Gasteiger partial charge in [-0.25, -0.2) is 0 Å². The lowest BCUT2D eigenvalue weighted by Crippen LogP contribution is -2.40. The van der Waals surface area contributed by atoms with Crippen LogP contribution in [-0.4, -0.2) is 41.3 Å². The Morgan fingerprint density at radius 2 is 1.61 bits per heavy atom. The van der Waals surface area contributed by atoms with E-state index >= 15 is 0 Å². The van der Waals surface area contributed by atoms with E-state index < -0.39 is 0 Å². The van der Waals surface area contributed by atoms with E-state index in [0.717, 1.165) is 37.8 Å². The van der Waals surface area contributed by atoms with Gasteiger partial charge in [0.15, 0.2) is 5.11 Å². The molecule has 2 aliphatic rings. The zero-order valence-corrected chi connectivity index (χ0v) is 19.5. The first-order chi connectivity index (χ1) is 15.1. The van der Waals surface area contributed by atoms with Crippen LogP contribution in [0.1, 0.15) is 45.1 Å². The lowest BCUT2D eigenvalue weighted by Gasteiger charge is -2.36. The highest BCUT2D eigenvalue weighted by molar-refractivity contribution is 7.80. The van der Waals surface area contributed by atoms with Gasteiger partial charge in [0.1, 0.15) is 11.6 Å². The Labute approximate surface area is 191 Å². The SMILES string of the molecule is C[C@@H]1C[C@@H](C)CN(c2cc(N3CCCCC3)nc(NC(=S)NCc3ccccc3)n2)C1. The third-order valence-corrected chi connectivity index (χ3v) is 6.34. The number of hydrogen-bond donors (Lipinski definition) is 2. The molecule has 0 bridgehead atoms. The van der Waals surface area contributed by atoms with Gasteiger partial charge in [0, 0.05) is 38.8 Å². The van der Waals surface area contributed by atoms with Gasteiger partial charge in [0.05, 0.1) is 0 Å². The molecule has 0 amide bonds. The molecule has 2 fully saturated rings. The minimum absolute atomic E-state index is 0.547. The summed E-state index contributed by atoms with van der Waals surface area (Å²) in [6.45, 7) is 9.52. The third-order valence-electron chi connectivity index (χ3n) is 6.09. The van der Waals surface area contributed by atoms with Crippen molar-refractivity contribution in [2.24, 2.45) is 11.8 Å². The van der Waals surface area contributed by atoms with Crippen molar-refractivity contribution < 1.29 is 0 Å². The summed E-state index contributed by atoms with van der Waals surface area (Å²) in [7, 11) is 0. The van der Waals surface area contributed by atoms with Crippen LogP contribution < -0.4 is 20.4 Å². The zero-order valence-electron chi connectivity index (χ0n) is 18.7. The van der Waals surface area contributed by atoms with Crippen molar-refractivity contribution in [2.75, 3.05) is 41.3 Å². The number of thiocarbonyl (C=S) groups is 1. The highest BCUT2D eigenvalue weighted by Crippen LogP contribution is 2.29. The molecule has 2 saturated heterocycles. The Morgan fingerprint density at radius 1 is 0.968 bits per heavy atom. The molecule has 0 spiro atoms. The molecule has 1 aromatic carbocycles. The molecule has 166 valence electrons. The maximum Gasteiger partial charge on any atom is 0.232 e. The van der Waals surface area contributed by atoms with Crippen LogP contribution in [0.5, 0.6) is 0 Å². The smallest absolute Gasteiger partial charge is 0.232 e. The van der Waals surface area contributed by atoms with Gasteiger partial charge in [-0.3, -0.25) is 0 Å². The molecule has 7 heteroatoms. The summed E-state index contributed by atoms with van der Waals surface area (Å²) >= 11 is 5.54. The third kappa shape index (κ3) is 6.06. The summed E-state index contributed by atoms with van der Waals surface area (Å²) in [6, 6.07) is 12.4. The van der Waals surface area contributed by atoms with Gasteiger partial charge in [-0.1, -0.05) is 44.2 Å². The number of benzene rings is 1. The fourth-order valence-corrected chi connectivity index (χ4v) is 4.86. The quantitative estimate of drug-likeness (QED) is 0.670. The molecular formula is C24H34N6S. The second-order valence-corrected chi connectivity index (χ2v) is 9.51. The van der Waals surface area contributed by atoms with E-state index in [9.17, 15) is 0 Å². The Kier molecular flexibility index (Phi) is 7.22. The molecule has 31 heavy (non-hydrogen) atoms. The average Bonchev–Trinajstić information content (AvgIpc) is 2.78. The highest BCUT2D eigenvalue weighted by Gasteiger charge is 2.25. The average molecular weight is 439 g/mol. The molecule has 4 rings (SSSR count). The predicted molar refractivity (Wildman–Crippen MR) is 133 cm³/mol. The molecule has 2 aromatic rings. The van der Waals surface area contributed by atoms with Crippen LogP contribution in [0.3, 0.4) is 0 Å². The molecule has 2 N–H and O–H groups in total. The monoisotopic (exact) mass is 438 g/mol. The topological polar surface area (TPSA) is 56.3 Å². The Morgan fingerprint density at radius 3 is 2.29 bits per heavy atom. The molecule has 0 unspecified atom stereocenters. The number of hydrogen-bond acceptors (Lipinski definition) is 5. The molecule has 0 aliphatic carbocycles. The lowest BCUT2D eigenvalue weighted by molar-refractivity contribution is 0.355. The summed E-state index contributed by atoms with van der Waals surface area (Å²) in [6.07, 6.45) is 5.02. The number of piperidine rings is 2. The molecule has 3 heterocycles. The first-order valence-corrected chi connectivity index (χ1v) is 12.0. The van der Waals surface area contributed by atoms with E-state index in [1.165, 1.54) is 31.2 Å². The van der Waals surface area contributed by atoms with E-state index in [-0.39, 0.29) is 0 Å². The van der Waals surface area contributed by atoms with Gasteiger partial charge in [-0.05, 0) is 55.3 Å². The van der Waals surface area contributed by atoms with Crippen molar-refractivity contribution in [1.29, 1.82) is 0 Å². The number of nitrogens with zero attached hydrogens (tertiary/aromatic N) is 4. The second-order valence-electron chi connectivity index (χ2n) is 9.10. The zero-order chi connectivity index (χ0) is 21.6. The molecule has 2 aliphatic heterocycles. The largest absolute Gasteiger partial charge is 0.358 e. The van der Waals surface area contributed by atoms with Gasteiger partial charge in [-0.15, -0.1) is 0 Å². The molecule has 0 saturated carbocycles. The predicted octanol–water partition coefficient (Wildman–Crippen LogP) is 4.44. The van der Waals surface area contributed by atoms with Gasteiger partial charge < -0.3 is 20.4 Å². The van der Waals surface area contributed by atoms with E-state index in [1.54, 1.807) is 0 Å². The van der Waals surface area contributed by atoms with Gasteiger partial charge in [-0.2, -0.15) is 9.97 Å². The first kappa shape index (κ1) is 21.8. The van der Waals surface area contributed by atoms with Crippen LogP contribution in [0.25, 0.3) is 0 Å². The van der Waals surface area contributed by atoms with Crippen molar-refractivity contribution in [3.8, 4) is 0 Å². The summed E-state index contributed by atoms with van der Waals surface area (Å²) in [5.74, 6) is 3.92. The fourth-order valence-electron chi connectivity index (χ4n) is 4.70. The number of anilines is 3. The molecule has 0 radical (unpaired) electrons. The van der Waals surface area contributed by atoms with E-state index in [1.807, 2.05) is 18.2 Å². The second kappa shape index (κ2) is 10.3. The van der Waals surface area contributed by atoms with Crippen molar-refractivity contribution in [2.45, 2.75) is 46.1 Å². The van der Waals surface area contributed by atoms with Crippen molar-refractivity contribution in [1.82, 2.24) is 15.3 Å². The number of nitrogens with one attached hydrogen (secondary N) is 2. The van der Waals surface area contributed by atoms with Gasteiger partial charge in [0.25, 0.3) is 0 Å². The van der Waals surface area contributed by atoms with Crippen LogP contribution >= 0.6 is 12.2 Å². The Hall–Kier alpha value is -2.41. The molecular weight excluding hydrogens is 404 g/mol. The van der Waals surface area contributed by atoms with E-state index in [0.29, 0.717) is 29.4 Å². The van der Waals surface area contributed by atoms with Crippen molar-refractivity contribution >= 4 is 34.9 Å². The van der Waals surface area contributed by atoms with Crippen LogP contribution in [0.4, 0.5) is 17.6 Å². The lowest BCUT2D eigenvalue weighted by atomic mass is 9.92. The van der Waals surface area contributed by atoms with Crippen LogP contribution in [0.15, 0.2) is 36.4 Å². The normalized spacial score (nSPS) is 21.6. The van der Waals surface area contributed by atoms with Gasteiger partial charge in [0.2, 0.25) is 5.95 Å². The minimum atomic E-state index is 0.547. The maximum absolute atomic E-state index is 5.54. The molecule has 1 aromatic heterocycles. The molecule has 2 atom stereocenters. The summed E-state index contributed by atoms with van der Waals surface area (Å²) in [5.41, 5.74) is 1.19. The maximum atomic E-state index is 5.54. The van der Waals surface area contributed by atoms with Crippen molar-refractivity contribution in [3.63, 3.8) is 0 Å². The number of rotatable bonds is 5. The molecule has 6 nitrogen and oxygen atoms in total. The van der Waals surface area contributed by atoms with Gasteiger partial charge >= 0.3 is 0 Å². The van der Waals surface area contributed by atoms with E-state index in [4.69, 9.17) is 22.2 Å². The van der Waals surface area contributed by atoms with E-state index in [2.05, 4.69) is 52.5 Å². The standard InChI is InChI=1S/C24H34N6S/c1-18-13-19(2)17-30(16-18)22-14-21(29-11-7-4-8-12-29)26-23(27-22)28-24(31)25-15-20-9-5-3-6-10-20/h3,5-6,9-10,14,18-19H,4,7-8,11-13,15-17H2,1-2H3,(H2,25,26,27,28,31)/t18-,19-/m1/s1. The number of aromatic nitrogens is 2. The summed E-state index contributed by atoms with van der Waals surface area (Å²) in [4.78, 5) is 14.5. The van der Waals surface area contributed by atoms with Crippen molar-refractivity contribution in [3.05, 3.63) is 42.0 Å². The van der Waals surface area contributed by atoms with Crippen LogP contribution in [0.2, 0.25) is 0 Å². The Balaban J connectivity index is 1.51.